The Morgan fingerprint density at radius 3 is 2.62 bits per heavy atom. The van der Waals surface area contributed by atoms with Gasteiger partial charge in [-0.15, -0.1) is 12.4 Å². The molecule has 0 spiro atoms. The van der Waals surface area contributed by atoms with Gasteiger partial charge in [-0.1, -0.05) is 25.1 Å². The molecule has 2 aromatic heterocycles. The van der Waals surface area contributed by atoms with Crippen LogP contribution in [0.2, 0.25) is 0 Å². The number of benzene rings is 1. The van der Waals surface area contributed by atoms with Crippen molar-refractivity contribution in [1.82, 2.24) is 19.9 Å². The Kier molecular flexibility index (Phi) is 5.32. The van der Waals surface area contributed by atoms with Crippen molar-refractivity contribution in [3.63, 3.8) is 0 Å². The molecule has 2 heterocycles. The van der Waals surface area contributed by atoms with Crippen molar-refractivity contribution >= 4 is 40.2 Å². The number of aromatic nitrogens is 3. The zero-order chi connectivity index (χ0) is 16.6. The normalized spacial score (nSPS) is 11.8. The number of nitrogens with two attached hydrogens (primary N) is 1. The number of imidazole rings is 1. The number of halogens is 1. The largest absolute Gasteiger partial charge is 0.389 e. The monoisotopic (exact) mass is 349 g/mol. The number of rotatable bonds is 5. The Morgan fingerprint density at radius 2 is 1.96 bits per heavy atom. The van der Waals surface area contributed by atoms with E-state index in [1.807, 2.05) is 31.2 Å². The van der Waals surface area contributed by atoms with E-state index in [1.165, 1.54) is 0 Å². The van der Waals surface area contributed by atoms with Crippen molar-refractivity contribution in [3.8, 4) is 0 Å². The second kappa shape index (κ2) is 6.93. The predicted octanol–water partition coefficient (Wildman–Crippen LogP) is 2.47. The molecular formula is C17H24ClN5O. The molecular weight excluding hydrogens is 326 g/mol. The predicted molar refractivity (Wildman–Crippen MR) is 100 cm³/mol. The molecule has 3 aromatic rings. The zero-order valence-corrected chi connectivity index (χ0v) is 15.0. The first-order valence-electron chi connectivity index (χ1n) is 7.87. The maximum absolute atomic E-state index is 10.3. The van der Waals surface area contributed by atoms with Gasteiger partial charge in [-0.3, -0.25) is 0 Å². The van der Waals surface area contributed by atoms with E-state index in [-0.39, 0.29) is 12.4 Å². The van der Waals surface area contributed by atoms with Gasteiger partial charge in [-0.25, -0.2) is 9.97 Å². The van der Waals surface area contributed by atoms with E-state index in [0.29, 0.717) is 24.4 Å². The topological polar surface area (TPSA) is 89.0 Å². The van der Waals surface area contributed by atoms with Crippen LogP contribution in [0, 0.1) is 0 Å². The van der Waals surface area contributed by atoms with Crippen molar-refractivity contribution in [2.45, 2.75) is 39.5 Å². The lowest BCUT2D eigenvalue weighted by Crippen LogP contribution is -2.28. The summed E-state index contributed by atoms with van der Waals surface area (Å²) in [6.07, 6.45) is 0. The summed E-state index contributed by atoms with van der Waals surface area (Å²) in [5.41, 5.74) is 7.74. The highest BCUT2D eigenvalue weighted by atomic mass is 35.5. The highest BCUT2D eigenvalue weighted by molar-refractivity contribution is 6.06. The summed E-state index contributed by atoms with van der Waals surface area (Å²) in [6.45, 7) is 7.55. The Balaban J connectivity index is 0.00000208. The molecule has 130 valence electrons. The number of fused-ring (bicyclic) bond motifs is 3. The molecule has 0 radical (unpaired) electrons. The molecule has 3 rings (SSSR count). The van der Waals surface area contributed by atoms with Crippen LogP contribution in [0.15, 0.2) is 24.3 Å². The second-order valence-electron chi connectivity index (χ2n) is 6.42. The van der Waals surface area contributed by atoms with Crippen LogP contribution in [0.3, 0.4) is 0 Å². The van der Waals surface area contributed by atoms with Gasteiger partial charge in [0.15, 0.2) is 5.82 Å². The minimum absolute atomic E-state index is 0. The van der Waals surface area contributed by atoms with Gasteiger partial charge < -0.3 is 20.7 Å². The van der Waals surface area contributed by atoms with Crippen molar-refractivity contribution in [3.05, 3.63) is 30.1 Å². The van der Waals surface area contributed by atoms with E-state index < -0.39 is 5.60 Å². The average molecular weight is 350 g/mol. The van der Waals surface area contributed by atoms with Crippen molar-refractivity contribution in [2.75, 3.05) is 12.3 Å². The first-order valence-corrected chi connectivity index (χ1v) is 7.87. The van der Waals surface area contributed by atoms with Crippen LogP contribution in [0.1, 0.15) is 26.6 Å². The summed E-state index contributed by atoms with van der Waals surface area (Å²) < 4.78 is 2.05. The van der Waals surface area contributed by atoms with E-state index in [1.54, 1.807) is 13.8 Å². The van der Waals surface area contributed by atoms with Gasteiger partial charge in [0.25, 0.3) is 0 Å². The minimum atomic E-state index is -0.853. The van der Waals surface area contributed by atoms with Gasteiger partial charge in [0.05, 0.1) is 29.7 Å². The summed E-state index contributed by atoms with van der Waals surface area (Å²) in [7, 11) is 0. The fourth-order valence-electron chi connectivity index (χ4n) is 2.83. The van der Waals surface area contributed by atoms with E-state index in [2.05, 4.69) is 19.9 Å². The van der Waals surface area contributed by atoms with Crippen LogP contribution in [0.4, 0.5) is 5.82 Å². The van der Waals surface area contributed by atoms with Crippen molar-refractivity contribution in [1.29, 1.82) is 0 Å². The molecule has 7 heteroatoms. The molecule has 0 aliphatic rings. The molecule has 0 aliphatic heterocycles. The number of nitrogens with zero attached hydrogens (tertiary/aromatic N) is 3. The summed E-state index contributed by atoms with van der Waals surface area (Å²) in [5, 5.41) is 14.6. The van der Waals surface area contributed by atoms with E-state index in [4.69, 9.17) is 5.73 Å². The standard InChI is InChI=1S/C17H23N5O.ClH/c1-4-19-9-13-21-14-15(22(13)10-17(2,3)23)11-7-5-6-8-12(11)20-16(14)18;/h5-8,19,23H,4,9-10H2,1-3H3,(H2,18,20);1H. The Hall–Kier alpha value is -1.89. The highest BCUT2D eigenvalue weighted by Crippen LogP contribution is 2.29. The van der Waals surface area contributed by atoms with Crippen molar-refractivity contribution < 1.29 is 5.11 Å². The first-order chi connectivity index (χ1) is 10.9. The summed E-state index contributed by atoms with van der Waals surface area (Å²) in [5.74, 6) is 1.28. The summed E-state index contributed by atoms with van der Waals surface area (Å²) in [6, 6.07) is 7.88. The molecule has 0 fully saturated rings. The van der Waals surface area contributed by atoms with Crippen LogP contribution in [0.5, 0.6) is 0 Å². The molecule has 0 bridgehead atoms. The molecule has 6 nitrogen and oxygen atoms in total. The van der Waals surface area contributed by atoms with Gasteiger partial charge in [0.1, 0.15) is 11.3 Å². The zero-order valence-electron chi connectivity index (χ0n) is 14.2. The minimum Gasteiger partial charge on any atom is -0.389 e. The molecule has 0 aliphatic carbocycles. The van der Waals surface area contributed by atoms with Crippen LogP contribution >= 0.6 is 12.4 Å². The molecule has 0 saturated carbocycles. The lowest BCUT2D eigenvalue weighted by atomic mass is 10.1. The number of hydrogen-bond acceptors (Lipinski definition) is 5. The third-order valence-electron chi connectivity index (χ3n) is 3.77. The Morgan fingerprint density at radius 1 is 1.25 bits per heavy atom. The quantitative estimate of drug-likeness (QED) is 0.658. The van der Waals surface area contributed by atoms with E-state index >= 15 is 0 Å². The molecule has 1 aromatic carbocycles. The van der Waals surface area contributed by atoms with Gasteiger partial charge >= 0.3 is 0 Å². The maximum atomic E-state index is 10.3. The Bertz CT molecular complexity index is 853. The molecule has 24 heavy (non-hydrogen) atoms. The number of nitrogens with one attached hydrogen (secondary N) is 1. The third-order valence-corrected chi connectivity index (χ3v) is 3.77. The van der Waals surface area contributed by atoms with Crippen molar-refractivity contribution in [2.24, 2.45) is 0 Å². The average Bonchev–Trinajstić information content (AvgIpc) is 2.83. The second-order valence-corrected chi connectivity index (χ2v) is 6.42. The lowest BCUT2D eigenvalue weighted by Gasteiger charge is -2.20. The lowest BCUT2D eigenvalue weighted by molar-refractivity contribution is 0.0618. The number of nitrogen functional groups attached to an aromatic ring is 1. The number of para-hydroxylation sites is 1. The number of anilines is 1. The molecule has 0 unspecified atom stereocenters. The van der Waals surface area contributed by atoms with Crippen LogP contribution in [-0.4, -0.2) is 31.8 Å². The third kappa shape index (κ3) is 3.45. The van der Waals surface area contributed by atoms with Crippen LogP contribution in [0.25, 0.3) is 21.9 Å². The number of pyridine rings is 1. The van der Waals surface area contributed by atoms with E-state index in [0.717, 1.165) is 28.8 Å². The van der Waals surface area contributed by atoms with Gasteiger partial charge in [-0.05, 0) is 26.5 Å². The first kappa shape index (κ1) is 18.4. The molecule has 0 atom stereocenters. The van der Waals surface area contributed by atoms with Gasteiger partial charge in [0.2, 0.25) is 0 Å². The fourth-order valence-corrected chi connectivity index (χ4v) is 2.83. The molecule has 0 saturated heterocycles. The molecule has 4 N–H and O–H groups in total. The number of hydrogen-bond donors (Lipinski definition) is 3. The van der Waals surface area contributed by atoms with Gasteiger partial charge in [0, 0.05) is 5.39 Å². The maximum Gasteiger partial charge on any atom is 0.152 e. The van der Waals surface area contributed by atoms with E-state index in [9.17, 15) is 5.11 Å². The highest BCUT2D eigenvalue weighted by Gasteiger charge is 2.22. The Labute approximate surface area is 147 Å². The fraction of sp³-hybridized carbons (Fsp3) is 0.412. The smallest absolute Gasteiger partial charge is 0.152 e. The van der Waals surface area contributed by atoms with Gasteiger partial charge in [-0.2, -0.15) is 0 Å². The van der Waals surface area contributed by atoms with Crippen LogP contribution in [-0.2, 0) is 13.1 Å². The van der Waals surface area contributed by atoms with Crippen LogP contribution < -0.4 is 11.1 Å². The number of aliphatic hydroxyl groups is 1. The SMILES string of the molecule is CCNCc1nc2c(N)nc3ccccc3c2n1CC(C)(C)O.Cl. The summed E-state index contributed by atoms with van der Waals surface area (Å²) >= 11 is 0. The molecule has 0 amide bonds. The summed E-state index contributed by atoms with van der Waals surface area (Å²) in [4.78, 5) is 9.14.